The molecule has 174 valence electrons. The largest absolute Gasteiger partial charge is 0.388 e. The van der Waals surface area contributed by atoms with Gasteiger partial charge in [-0.3, -0.25) is 4.79 Å². The SMILES string of the molecule is C[C@@]1(O)CC2(CCN(C(=O)[C@H]3CCCNC3)CC2)OC[C@H]1n1cnc2c(N)nc(N)nc21. The molecule has 3 saturated heterocycles. The van der Waals surface area contributed by atoms with E-state index in [-0.39, 0.29) is 29.6 Å². The van der Waals surface area contributed by atoms with Crippen molar-refractivity contribution in [2.45, 2.75) is 56.3 Å². The highest BCUT2D eigenvalue weighted by molar-refractivity contribution is 5.82. The number of fused-ring (bicyclic) bond motifs is 1. The fraction of sp³-hybridized carbons (Fsp3) is 0.714. The Morgan fingerprint density at radius 3 is 2.78 bits per heavy atom. The van der Waals surface area contributed by atoms with Gasteiger partial charge in [0.2, 0.25) is 11.9 Å². The number of hydrogen-bond donors (Lipinski definition) is 4. The number of carbonyl (C=O) groups is 1. The van der Waals surface area contributed by atoms with Crippen molar-refractivity contribution in [3.8, 4) is 0 Å². The number of nitrogens with one attached hydrogen (secondary N) is 1. The number of hydrogen-bond acceptors (Lipinski definition) is 9. The van der Waals surface area contributed by atoms with Crippen LogP contribution in [0.2, 0.25) is 0 Å². The first-order valence-electron chi connectivity index (χ1n) is 11.4. The quantitative estimate of drug-likeness (QED) is 0.503. The summed E-state index contributed by atoms with van der Waals surface area (Å²) >= 11 is 0. The zero-order chi connectivity index (χ0) is 22.5. The second-order valence-electron chi connectivity index (χ2n) is 9.70. The maximum Gasteiger partial charge on any atom is 0.226 e. The van der Waals surface area contributed by atoms with Crippen LogP contribution in [0.4, 0.5) is 11.8 Å². The van der Waals surface area contributed by atoms with Crippen LogP contribution in [-0.4, -0.2) is 79.4 Å². The minimum Gasteiger partial charge on any atom is -0.388 e. The molecule has 0 bridgehead atoms. The molecule has 32 heavy (non-hydrogen) atoms. The zero-order valence-electron chi connectivity index (χ0n) is 18.5. The molecule has 5 rings (SSSR count). The molecule has 1 spiro atoms. The maximum absolute atomic E-state index is 12.9. The van der Waals surface area contributed by atoms with E-state index in [9.17, 15) is 9.90 Å². The van der Waals surface area contributed by atoms with Crippen LogP contribution in [0.25, 0.3) is 11.2 Å². The van der Waals surface area contributed by atoms with Gasteiger partial charge < -0.3 is 36.1 Å². The van der Waals surface area contributed by atoms with Gasteiger partial charge in [0.1, 0.15) is 5.52 Å². The number of aromatic nitrogens is 4. The number of nitrogen functional groups attached to an aromatic ring is 2. The molecule has 11 heteroatoms. The Balaban J connectivity index is 1.29. The van der Waals surface area contributed by atoms with Crippen LogP contribution < -0.4 is 16.8 Å². The van der Waals surface area contributed by atoms with Crippen LogP contribution in [0.3, 0.4) is 0 Å². The standard InChI is InChI=1S/C21H32N8O3/c1-20(31)11-21(4-7-28(8-5-21)18(30)13-3-2-6-24-9-13)32-10-14(20)29-12-25-15-16(22)26-19(23)27-17(15)29/h12-14,24,31H,2-11H2,1H3,(H4,22,23,26,27)/t13-,14+,20+/m0/s1. The Labute approximate surface area is 186 Å². The van der Waals surface area contributed by atoms with E-state index in [1.165, 1.54) is 0 Å². The Morgan fingerprint density at radius 1 is 1.31 bits per heavy atom. The number of rotatable bonds is 2. The van der Waals surface area contributed by atoms with Gasteiger partial charge in [-0.2, -0.15) is 9.97 Å². The summed E-state index contributed by atoms with van der Waals surface area (Å²) < 4.78 is 8.18. The van der Waals surface area contributed by atoms with Gasteiger partial charge in [-0.15, -0.1) is 0 Å². The molecule has 6 N–H and O–H groups in total. The molecular weight excluding hydrogens is 412 g/mol. The van der Waals surface area contributed by atoms with Crippen molar-refractivity contribution in [3.63, 3.8) is 0 Å². The molecule has 0 unspecified atom stereocenters. The average molecular weight is 445 g/mol. The Bertz CT molecular complexity index is 1010. The van der Waals surface area contributed by atoms with Gasteiger partial charge in [0.25, 0.3) is 0 Å². The van der Waals surface area contributed by atoms with Crippen LogP contribution in [0.1, 0.15) is 45.1 Å². The third kappa shape index (κ3) is 3.67. The average Bonchev–Trinajstić information content (AvgIpc) is 3.17. The van der Waals surface area contributed by atoms with E-state index in [1.54, 1.807) is 10.9 Å². The first-order chi connectivity index (χ1) is 15.3. The topological polar surface area (TPSA) is 157 Å². The number of carbonyl (C=O) groups excluding carboxylic acids is 1. The third-order valence-electron chi connectivity index (χ3n) is 7.38. The van der Waals surface area contributed by atoms with Crippen LogP contribution >= 0.6 is 0 Å². The second-order valence-corrected chi connectivity index (χ2v) is 9.70. The van der Waals surface area contributed by atoms with E-state index in [2.05, 4.69) is 20.3 Å². The molecule has 3 atom stereocenters. The molecule has 0 aromatic carbocycles. The highest BCUT2D eigenvalue weighted by Crippen LogP contribution is 2.44. The summed E-state index contributed by atoms with van der Waals surface area (Å²) in [7, 11) is 0. The van der Waals surface area contributed by atoms with E-state index in [0.717, 1.165) is 25.9 Å². The number of likely N-dealkylation sites (tertiary alicyclic amines) is 1. The van der Waals surface area contributed by atoms with Crippen LogP contribution in [0.15, 0.2) is 6.33 Å². The van der Waals surface area contributed by atoms with Gasteiger partial charge >= 0.3 is 0 Å². The molecule has 0 aliphatic carbocycles. The molecule has 5 heterocycles. The number of imidazole rings is 1. The summed E-state index contributed by atoms with van der Waals surface area (Å²) in [6.07, 6.45) is 5.51. The van der Waals surface area contributed by atoms with Gasteiger partial charge in [-0.1, -0.05) is 0 Å². The molecule has 0 saturated carbocycles. The first-order valence-corrected chi connectivity index (χ1v) is 11.4. The van der Waals surface area contributed by atoms with E-state index in [1.807, 2.05) is 11.8 Å². The van der Waals surface area contributed by atoms with Crippen molar-refractivity contribution < 1.29 is 14.6 Å². The highest BCUT2D eigenvalue weighted by Gasteiger charge is 2.50. The molecule has 3 fully saturated rings. The predicted octanol–water partition coefficient (Wildman–Crippen LogP) is 0.0639. The fourth-order valence-electron chi connectivity index (χ4n) is 5.60. The van der Waals surface area contributed by atoms with Crippen molar-refractivity contribution in [2.75, 3.05) is 44.3 Å². The van der Waals surface area contributed by atoms with Gasteiger partial charge in [0.15, 0.2) is 11.5 Å². The van der Waals surface area contributed by atoms with E-state index in [4.69, 9.17) is 16.2 Å². The lowest BCUT2D eigenvalue weighted by Gasteiger charge is -2.51. The van der Waals surface area contributed by atoms with Crippen molar-refractivity contribution in [2.24, 2.45) is 5.92 Å². The molecule has 3 aliphatic heterocycles. The minimum absolute atomic E-state index is 0.0646. The van der Waals surface area contributed by atoms with Gasteiger partial charge in [-0.25, -0.2) is 4.98 Å². The Morgan fingerprint density at radius 2 is 2.09 bits per heavy atom. The Kier molecular flexibility index (Phi) is 5.22. The lowest BCUT2D eigenvalue weighted by atomic mass is 9.75. The predicted molar refractivity (Wildman–Crippen MR) is 119 cm³/mol. The summed E-state index contributed by atoms with van der Waals surface area (Å²) in [6.45, 7) is 5.21. The van der Waals surface area contributed by atoms with Gasteiger partial charge in [0.05, 0.1) is 36.1 Å². The monoisotopic (exact) mass is 444 g/mol. The molecular formula is C21H32N8O3. The van der Waals surface area contributed by atoms with Gasteiger partial charge in [0, 0.05) is 26.1 Å². The molecule has 1 amide bonds. The smallest absolute Gasteiger partial charge is 0.226 e. The number of nitrogens with zero attached hydrogens (tertiary/aromatic N) is 5. The summed E-state index contributed by atoms with van der Waals surface area (Å²) in [4.78, 5) is 27.4. The minimum atomic E-state index is -1.06. The maximum atomic E-state index is 12.9. The summed E-state index contributed by atoms with van der Waals surface area (Å²) in [5.74, 6) is 0.597. The number of ether oxygens (including phenoxy) is 1. The van der Waals surface area contributed by atoms with Crippen LogP contribution in [-0.2, 0) is 9.53 Å². The number of anilines is 2. The lowest BCUT2D eigenvalue weighted by Crippen LogP contribution is -2.58. The van der Waals surface area contributed by atoms with Crippen molar-refractivity contribution >= 4 is 28.8 Å². The number of nitrogens with two attached hydrogens (primary N) is 2. The number of aliphatic hydroxyl groups is 1. The van der Waals surface area contributed by atoms with Crippen molar-refractivity contribution in [1.82, 2.24) is 29.7 Å². The highest BCUT2D eigenvalue weighted by atomic mass is 16.5. The zero-order valence-corrected chi connectivity index (χ0v) is 18.5. The third-order valence-corrected chi connectivity index (χ3v) is 7.38. The van der Waals surface area contributed by atoms with Crippen molar-refractivity contribution in [1.29, 1.82) is 0 Å². The van der Waals surface area contributed by atoms with Crippen molar-refractivity contribution in [3.05, 3.63) is 6.33 Å². The number of piperidine rings is 2. The van der Waals surface area contributed by atoms with E-state index in [0.29, 0.717) is 50.1 Å². The molecule has 2 aromatic heterocycles. The second kappa shape index (κ2) is 7.82. The Hall–Kier alpha value is -2.50. The van der Waals surface area contributed by atoms with Crippen LogP contribution in [0.5, 0.6) is 0 Å². The van der Waals surface area contributed by atoms with Crippen LogP contribution in [0, 0.1) is 5.92 Å². The van der Waals surface area contributed by atoms with E-state index >= 15 is 0 Å². The number of amides is 1. The normalized spacial score (nSPS) is 30.6. The van der Waals surface area contributed by atoms with Gasteiger partial charge in [-0.05, 0) is 39.2 Å². The lowest BCUT2D eigenvalue weighted by molar-refractivity contribution is -0.197. The molecule has 3 aliphatic rings. The summed E-state index contributed by atoms with van der Waals surface area (Å²) in [5.41, 5.74) is 11.2. The van der Waals surface area contributed by atoms with E-state index < -0.39 is 11.2 Å². The molecule has 11 nitrogen and oxygen atoms in total. The molecule has 2 aromatic rings. The summed E-state index contributed by atoms with van der Waals surface area (Å²) in [6, 6.07) is -0.389. The fourth-order valence-corrected chi connectivity index (χ4v) is 5.60. The first kappa shape index (κ1) is 21.4. The summed E-state index contributed by atoms with van der Waals surface area (Å²) in [5, 5.41) is 14.8. The molecule has 0 radical (unpaired) electrons.